The molecular weight excluding hydrogens is 478 g/mol. The largest absolute Gasteiger partial charge is 0.530 e. The molecule has 8 nitrogen and oxygen atoms in total. The number of carbonyl (C=O) groups excluding carboxylic acids is 1. The number of anilines is 1. The Balaban J connectivity index is 1.43. The van der Waals surface area contributed by atoms with E-state index in [0.29, 0.717) is 16.2 Å². The van der Waals surface area contributed by atoms with Crippen LogP contribution in [-0.4, -0.2) is 45.2 Å². The Morgan fingerprint density at radius 3 is 2.53 bits per heavy atom. The van der Waals surface area contributed by atoms with Crippen LogP contribution in [0.4, 0.5) is 28.3 Å². The molecule has 2 atom stereocenters. The van der Waals surface area contributed by atoms with Crippen molar-refractivity contribution in [2.45, 2.75) is 18.6 Å². The quantitative estimate of drug-likeness (QED) is 0.526. The van der Waals surface area contributed by atoms with Crippen LogP contribution in [0.3, 0.4) is 0 Å². The highest BCUT2D eigenvalue weighted by molar-refractivity contribution is 7.12. The Morgan fingerprint density at radius 1 is 1.18 bits per heavy atom. The summed E-state index contributed by atoms with van der Waals surface area (Å²) in [5, 5.41) is 14.3. The van der Waals surface area contributed by atoms with Gasteiger partial charge in [-0.25, -0.2) is 14.2 Å². The number of alkyl halides is 3. The Morgan fingerprint density at radius 2 is 1.91 bits per heavy atom. The third kappa shape index (κ3) is 5.35. The summed E-state index contributed by atoms with van der Waals surface area (Å²) in [5.41, 5.74) is 0.0692. The average Bonchev–Trinajstić information content (AvgIpc) is 3.42. The first kappa shape index (κ1) is 23.7. The molecule has 4 rings (SSSR count). The standard InChI is InChI=1S/C21H19F4N5O3S/c22-14-3-1-12(2-4-14)16-10-29(20(32)33)8-13(16)7-26-18-27-11-30(19(31)28-18)9-15-5-6-17(34-15)21(23,24)25/h1-6,11,13,16H,7-10H2,(H,32,33)(H,26,28,31)/p-1/t13-,16+/m1/s1. The highest BCUT2D eigenvalue weighted by Gasteiger charge is 2.34. The minimum Gasteiger partial charge on any atom is -0.530 e. The van der Waals surface area contributed by atoms with Gasteiger partial charge in [0.15, 0.2) is 0 Å². The van der Waals surface area contributed by atoms with Crippen molar-refractivity contribution in [2.24, 2.45) is 5.92 Å². The molecule has 1 fully saturated rings. The zero-order valence-electron chi connectivity index (χ0n) is 17.5. The number of amides is 1. The van der Waals surface area contributed by atoms with Crippen LogP contribution in [0.5, 0.6) is 0 Å². The fourth-order valence-corrected chi connectivity index (χ4v) is 4.75. The van der Waals surface area contributed by atoms with Gasteiger partial charge in [-0.15, -0.1) is 11.3 Å². The van der Waals surface area contributed by atoms with Crippen LogP contribution >= 0.6 is 11.3 Å². The molecule has 2 aromatic heterocycles. The number of thiophene rings is 1. The van der Waals surface area contributed by atoms with Gasteiger partial charge >= 0.3 is 11.9 Å². The lowest BCUT2D eigenvalue weighted by atomic mass is 9.89. The molecule has 0 unspecified atom stereocenters. The Hall–Kier alpha value is -3.48. The van der Waals surface area contributed by atoms with Crippen molar-refractivity contribution in [3.8, 4) is 0 Å². The predicted molar refractivity (Wildman–Crippen MR) is 113 cm³/mol. The molecule has 13 heteroatoms. The molecule has 1 N–H and O–H groups in total. The molecule has 0 radical (unpaired) electrons. The van der Waals surface area contributed by atoms with Gasteiger partial charge in [-0.05, 0) is 29.8 Å². The van der Waals surface area contributed by atoms with Gasteiger partial charge in [0.2, 0.25) is 5.95 Å². The number of nitrogens with one attached hydrogen (secondary N) is 1. The molecule has 0 spiro atoms. The number of benzene rings is 1. The summed E-state index contributed by atoms with van der Waals surface area (Å²) in [4.78, 5) is 32.3. The van der Waals surface area contributed by atoms with Crippen LogP contribution in [-0.2, 0) is 12.7 Å². The first-order valence-electron chi connectivity index (χ1n) is 10.1. The van der Waals surface area contributed by atoms with Crippen molar-refractivity contribution in [1.82, 2.24) is 19.4 Å². The number of carboxylic acid groups (broad SMARTS) is 1. The first-order chi connectivity index (χ1) is 16.1. The third-order valence-corrected chi connectivity index (χ3v) is 6.67. The number of hydrogen-bond acceptors (Lipinski definition) is 7. The molecule has 3 heterocycles. The van der Waals surface area contributed by atoms with E-state index >= 15 is 0 Å². The van der Waals surface area contributed by atoms with Crippen molar-refractivity contribution < 1.29 is 27.5 Å². The van der Waals surface area contributed by atoms with Crippen molar-refractivity contribution >= 4 is 23.4 Å². The molecule has 1 aliphatic heterocycles. The number of aromatic nitrogens is 3. The Kier molecular flexibility index (Phi) is 6.55. The fourth-order valence-electron chi connectivity index (χ4n) is 3.87. The van der Waals surface area contributed by atoms with Crippen molar-refractivity contribution in [3.05, 3.63) is 74.3 Å². The molecular formula is C21H18F4N5O3S-. The maximum Gasteiger partial charge on any atom is 0.425 e. The fraction of sp³-hybridized carbons (Fsp3) is 0.333. The number of halogens is 4. The lowest BCUT2D eigenvalue weighted by Gasteiger charge is -2.19. The normalized spacial score (nSPS) is 18.3. The Labute approximate surface area is 194 Å². The maximum atomic E-state index is 13.3. The predicted octanol–water partition coefficient (Wildman–Crippen LogP) is 2.38. The lowest BCUT2D eigenvalue weighted by Crippen LogP contribution is -2.40. The van der Waals surface area contributed by atoms with Crippen LogP contribution in [0.15, 0.2) is 47.5 Å². The van der Waals surface area contributed by atoms with Crippen LogP contribution in [0.2, 0.25) is 0 Å². The van der Waals surface area contributed by atoms with E-state index in [1.807, 2.05) is 0 Å². The van der Waals surface area contributed by atoms with Gasteiger partial charge in [0, 0.05) is 36.3 Å². The molecule has 180 valence electrons. The van der Waals surface area contributed by atoms with E-state index in [-0.39, 0.29) is 44.0 Å². The summed E-state index contributed by atoms with van der Waals surface area (Å²) in [6.07, 6.45) is -4.57. The van der Waals surface area contributed by atoms with E-state index in [4.69, 9.17) is 0 Å². The van der Waals surface area contributed by atoms with E-state index in [1.54, 1.807) is 12.1 Å². The van der Waals surface area contributed by atoms with Crippen molar-refractivity contribution in [2.75, 3.05) is 25.0 Å². The van der Waals surface area contributed by atoms with Crippen LogP contribution in [0, 0.1) is 11.7 Å². The maximum absolute atomic E-state index is 13.3. The summed E-state index contributed by atoms with van der Waals surface area (Å²) in [6.45, 7) is 0.489. The second-order valence-corrected chi connectivity index (χ2v) is 8.99. The third-order valence-electron chi connectivity index (χ3n) is 5.55. The highest BCUT2D eigenvalue weighted by Crippen LogP contribution is 2.35. The second-order valence-electron chi connectivity index (χ2n) is 7.82. The van der Waals surface area contributed by atoms with E-state index in [9.17, 15) is 32.3 Å². The van der Waals surface area contributed by atoms with Crippen molar-refractivity contribution in [3.63, 3.8) is 0 Å². The molecule has 1 amide bonds. The van der Waals surface area contributed by atoms with Crippen LogP contribution in [0.25, 0.3) is 0 Å². The number of rotatable bonds is 6. The monoisotopic (exact) mass is 496 g/mol. The smallest absolute Gasteiger partial charge is 0.425 e. The second kappa shape index (κ2) is 9.41. The first-order valence-corrected chi connectivity index (χ1v) is 11.0. The van der Waals surface area contributed by atoms with Gasteiger partial charge in [-0.2, -0.15) is 18.2 Å². The molecule has 0 saturated carbocycles. The van der Waals surface area contributed by atoms with Crippen molar-refractivity contribution in [1.29, 1.82) is 0 Å². The lowest BCUT2D eigenvalue weighted by molar-refractivity contribution is -0.264. The van der Waals surface area contributed by atoms with E-state index in [1.165, 1.54) is 24.5 Å². The van der Waals surface area contributed by atoms with Gasteiger partial charge < -0.3 is 20.1 Å². The van der Waals surface area contributed by atoms with E-state index in [0.717, 1.165) is 21.1 Å². The van der Waals surface area contributed by atoms with Gasteiger partial charge in [-0.3, -0.25) is 4.57 Å². The summed E-state index contributed by atoms with van der Waals surface area (Å²) < 4.78 is 52.7. The molecule has 1 aromatic carbocycles. The number of nitrogens with zero attached hydrogens (tertiary/aromatic N) is 4. The zero-order valence-corrected chi connectivity index (χ0v) is 18.3. The minimum absolute atomic E-state index is 0.00756. The summed E-state index contributed by atoms with van der Waals surface area (Å²) in [7, 11) is 0. The number of carbonyl (C=O) groups is 1. The number of likely N-dealkylation sites (tertiary alicyclic amines) is 1. The van der Waals surface area contributed by atoms with E-state index in [2.05, 4.69) is 15.3 Å². The SMILES string of the molecule is O=C([O-])N1C[C@@H](CNc2ncn(Cc3ccc(C(F)(F)F)s3)c(=O)n2)[C@H](c2ccc(F)cc2)C1. The zero-order chi connectivity index (χ0) is 24.5. The topological polar surface area (TPSA) is 103 Å². The summed E-state index contributed by atoms with van der Waals surface area (Å²) >= 11 is 0.539. The van der Waals surface area contributed by atoms with Crippen LogP contribution in [0.1, 0.15) is 21.2 Å². The molecule has 0 aliphatic carbocycles. The molecule has 0 bridgehead atoms. The van der Waals surface area contributed by atoms with Gasteiger partial charge in [0.25, 0.3) is 0 Å². The minimum atomic E-state index is -4.45. The van der Waals surface area contributed by atoms with Gasteiger partial charge in [0.05, 0.1) is 6.54 Å². The average molecular weight is 496 g/mol. The highest BCUT2D eigenvalue weighted by atomic mass is 32.1. The molecule has 1 aliphatic rings. The molecule has 3 aromatic rings. The van der Waals surface area contributed by atoms with Gasteiger partial charge in [0.1, 0.15) is 23.1 Å². The molecule has 1 saturated heterocycles. The summed E-state index contributed by atoms with van der Waals surface area (Å²) in [5.74, 6) is -0.846. The Bertz CT molecular complexity index is 1230. The summed E-state index contributed by atoms with van der Waals surface area (Å²) in [6, 6.07) is 8.04. The molecule has 34 heavy (non-hydrogen) atoms. The number of hydrogen-bond donors (Lipinski definition) is 1. The van der Waals surface area contributed by atoms with Crippen LogP contribution < -0.4 is 16.1 Å². The van der Waals surface area contributed by atoms with E-state index < -0.39 is 28.7 Å². The van der Waals surface area contributed by atoms with Gasteiger partial charge in [-0.1, -0.05) is 12.1 Å².